The molecule has 0 unspecified atom stereocenters. The molecule has 0 aromatic carbocycles. The van der Waals surface area contributed by atoms with E-state index in [1.165, 1.54) is 29.2 Å². The van der Waals surface area contributed by atoms with Crippen molar-refractivity contribution in [2.24, 2.45) is 11.5 Å². The molecule has 2 aliphatic rings. The van der Waals surface area contributed by atoms with Gasteiger partial charge in [-0.15, -0.1) is 21.5 Å². The van der Waals surface area contributed by atoms with Gasteiger partial charge in [0.05, 0.1) is 39.9 Å². The number of amides is 1. The van der Waals surface area contributed by atoms with Crippen LogP contribution in [0.2, 0.25) is 0 Å². The summed E-state index contributed by atoms with van der Waals surface area (Å²) in [6.07, 6.45) is 7.44. The van der Waals surface area contributed by atoms with Crippen LogP contribution in [0.4, 0.5) is 10.9 Å². The summed E-state index contributed by atoms with van der Waals surface area (Å²) in [6.45, 7) is 2.70. The van der Waals surface area contributed by atoms with Crippen molar-refractivity contribution in [2.45, 2.75) is 44.2 Å². The van der Waals surface area contributed by atoms with Crippen molar-refractivity contribution >= 4 is 55.7 Å². The minimum absolute atomic E-state index is 0.000325. The van der Waals surface area contributed by atoms with Crippen LogP contribution in [0.25, 0.3) is 27.2 Å². The van der Waals surface area contributed by atoms with Crippen LogP contribution in [-0.2, 0) is 11.2 Å². The minimum Gasteiger partial charge on any atom is -0.459 e. The summed E-state index contributed by atoms with van der Waals surface area (Å²) in [6, 6.07) is 3.60. The van der Waals surface area contributed by atoms with E-state index in [0.29, 0.717) is 48.2 Å². The molecule has 1 aliphatic heterocycles. The van der Waals surface area contributed by atoms with Crippen molar-refractivity contribution in [3.8, 4) is 11.3 Å². The summed E-state index contributed by atoms with van der Waals surface area (Å²) in [5.74, 6) is -0.120. The smallest absolute Gasteiger partial charge is 0.254 e. The quantitative estimate of drug-likeness (QED) is 0.247. The molecular formula is C27H29N9O4S2. The van der Waals surface area contributed by atoms with Crippen LogP contribution >= 0.6 is 22.9 Å². The highest BCUT2D eigenvalue weighted by atomic mass is 32.1. The topological polar surface area (TPSA) is 180 Å². The van der Waals surface area contributed by atoms with E-state index in [2.05, 4.69) is 24.8 Å². The molecule has 1 saturated carbocycles. The number of furan rings is 1. The molecule has 1 amide bonds. The molecule has 0 bridgehead atoms. The van der Waals surface area contributed by atoms with Gasteiger partial charge in [0.15, 0.2) is 11.2 Å². The number of nitrogens with zero attached hydrogens (tertiary/aromatic N) is 6. The molecule has 15 heteroatoms. The Kier molecular flexibility index (Phi) is 7.09. The van der Waals surface area contributed by atoms with Crippen LogP contribution in [0.1, 0.15) is 46.6 Å². The molecule has 13 nitrogen and oxygen atoms in total. The first-order valence-electron chi connectivity index (χ1n) is 13.8. The number of hydrogen-bond acceptors (Lipinski definition) is 13. The predicted octanol–water partition coefficient (Wildman–Crippen LogP) is 2.62. The lowest BCUT2D eigenvalue weighted by Crippen LogP contribution is -2.43. The van der Waals surface area contributed by atoms with Crippen molar-refractivity contribution in [3.05, 3.63) is 51.1 Å². The van der Waals surface area contributed by atoms with Gasteiger partial charge in [0, 0.05) is 42.5 Å². The highest BCUT2D eigenvalue weighted by Crippen LogP contribution is 2.37. The number of aromatic nitrogens is 5. The molecule has 42 heavy (non-hydrogen) atoms. The second kappa shape index (κ2) is 11.1. The van der Waals surface area contributed by atoms with Gasteiger partial charge in [-0.25, -0.2) is 4.98 Å². The van der Waals surface area contributed by atoms with Gasteiger partial charge in [-0.05, 0) is 30.4 Å². The Morgan fingerprint density at radius 2 is 2.02 bits per heavy atom. The summed E-state index contributed by atoms with van der Waals surface area (Å²) in [7, 11) is 0. The molecule has 0 spiro atoms. The third kappa shape index (κ3) is 4.91. The highest BCUT2D eigenvalue weighted by molar-refractivity contribution is 7.22. The average Bonchev–Trinajstić information content (AvgIpc) is 3.75. The van der Waals surface area contributed by atoms with Crippen molar-refractivity contribution in [1.29, 1.82) is 0 Å². The summed E-state index contributed by atoms with van der Waals surface area (Å²) in [5, 5.41) is 12.6. The Morgan fingerprint density at radius 1 is 1.19 bits per heavy atom. The van der Waals surface area contributed by atoms with Gasteiger partial charge in [0.2, 0.25) is 11.4 Å². The molecule has 2 fully saturated rings. The first kappa shape index (κ1) is 26.9. The molecule has 5 aromatic rings. The number of hydrogen-bond donors (Lipinski definition) is 3. The highest BCUT2D eigenvalue weighted by Gasteiger charge is 2.26. The van der Waals surface area contributed by atoms with Crippen molar-refractivity contribution in [3.63, 3.8) is 0 Å². The maximum atomic E-state index is 12.9. The van der Waals surface area contributed by atoms with Crippen LogP contribution in [0.15, 0.2) is 33.9 Å². The minimum atomic E-state index is -0.637. The number of fused-ring (bicyclic) bond motifs is 2. The number of nitrogens with one attached hydrogen (secondary N) is 1. The normalized spacial score (nSPS) is 19.5. The summed E-state index contributed by atoms with van der Waals surface area (Å²) in [4.78, 5) is 33.3. The average molecular weight is 608 g/mol. The van der Waals surface area contributed by atoms with Crippen LogP contribution in [0, 0.1) is 0 Å². The number of morpholine rings is 1. The number of ether oxygens (including phenoxy) is 1. The van der Waals surface area contributed by atoms with Gasteiger partial charge < -0.3 is 30.8 Å². The van der Waals surface area contributed by atoms with Gasteiger partial charge >= 0.3 is 0 Å². The third-order valence-corrected chi connectivity index (χ3v) is 9.82. The lowest BCUT2D eigenvalue weighted by atomic mass is 9.91. The molecule has 218 valence electrons. The first-order chi connectivity index (χ1) is 20.5. The molecule has 1 saturated heterocycles. The first-order valence-corrected chi connectivity index (χ1v) is 15.4. The van der Waals surface area contributed by atoms with E-state index in [0.717, 1.165) is 58.9 Å². The fraction of sp³-hybridized carbons (Fsp3) is 0.407. The lowest BCUT2D eigenvalue weighted by molar-refractivity contribution is 0.1000. The Balaban J connectivity index is 1.23. The fourth-order valence-electron chi connectivity index (χ4n) is 5.65. The van der Waals surface area contributed by atoms with E-state index in [4.69, 9.17) is 25.6 Å². The monoisotopic (exact) mass is 607 g/mol. The summed E-state index contributed by atoms with van der Waals surface area (Å²) in [5.41, 5.74) is 14.8. The zero-order valence-corrected chi connectivity index (χ0v) is 24.2. The molecule has 0 radical (unpaired) electrons. The zero-order valence-electron chi connectivity index (χ0n) is 22.6. The fourth-order valence-corrected chi connectivity index (χ4v) is 7.57. The Hall–Kier alpha value is -3.92. The maximum absolute atomic E-state index is 12.9. The Labute approximate surface area is 247 Å². The number of rotatable bonds is 7. The van der Waals surface area contributed by atoms with Gasteiger partial charge in [-0.2, -0.15) is 4.37 Å². The second-order valence-corrected chi connectivity index (χ2v) is 12.5. The molecule has 2 atom stereocenters. The number of carbonyl (C=O) groups excluding carboxylic acids is 1. The molecule has 5 N–H and O–H groups in total. The van der Waals surface area contributed by atoms with Crippen LogP contribution in [-0.4, -0.2) is 68.2 Å². The molecular weight excluding hydrogens is 578 g/mol. The molecule has 7 rings (SSSR count). The van der Waals surface area contributed by atoms with Crippen molar-refractivity contribution in [1.82, 2.24) is 24.0 Å². The largest absolute Gasteiger partial charge is 0.459 e. The van der Waals surface area contributed by atoms with Crippen LogP contribution < -0.4 is 27.1 Å². The van der Waals surface area contributed by atoms with E-state index in [1.807, 2.05) is 6.07 Å². The number of carbonyl (C=O) groups is 1. The molecule has 5 aromatic heterocycles. The number of primary amides is 1. The third-order valence-electron chi connectivity index (χ3n) is 7.84. The van der Waals surface area contributed by atoms with Gasteiger partial charge in [-0.3, -0.25) is 14.0 Å². The standard InChI is InChI=1S/C27H29N9O4S2/c28-16-3-1-2-4-17(16)31-27-32-19(22(25(29)38)26-33-30-13-36(26)27)10-14-9-18(34-42-14)15-12-40-23-20(37)11-21(41-24(15)23)35-5-7-39-8-6-35/h9,11-13,16-17H,1-8,10,28H2,(H2,29,38)(H,31,32)/t16-,17+/m1/s1. The Bertz CT molecular complexity index is 1840. The molecule has 6 heterocycles. The van der Waals surface area contributed by atoms with Crippen molar-refractivity contribution < 1.29 is 13.9 Å². The van der Waals surface area contributed by atoms with Gasteiger partial charge in [-0.1, -0.05) is 12.8 Å². The van der Waals surface area contributed by atoms with E-state index in [-0.39, 0.29) is 23.1 Å². The van der Waals surface area contributed by atoms with Gasteiger partial charge in [0.1, 0.15) is 18.2 Å². The zero-order chi connectivity index (χ0) is 28.8. The van der Waals surface area contributed by atoms with Crippen molar-refractivity contribution in [2.75, 3.05) is 36.5 Å². The van der Waals surface area contributed by atoms with Gasteiger partial charge in [0.25, 0.3) is 5.91 Å². The number of nitrogens with two attached hydrogens (primary N) is 2. The summed E-state index contributed by atoms with van der Waals surface area (Å²) >= 11 is 2.80. The number of anilines is 2. The lowest BCUT2D eigenvalue weighted by Gasteiger charge is -2.30. The SMILES string of the molecule is NC(=O)c1c(Cc2cc(-c3coc4c(=O)cc(N5CCOCC5)sc34)ns2)nc(N[C@H]2CCCC[C@H]2N)n2cnnc12. The predicted molar refractivity (Wildman–Crippen MR) is 160 cm³/mol. The van der Waals surface area contributed by atoms with Crippen LogP contribution in [0.3, 0.4) is 0 Å². The van der Waals surface area contributed by atoms with E-state index in [9.17, 15) is 9.59 Å². The Morgan fingerprint density at radius 3 is 2.83 bits per heavy atom. The second-order valence-electron chi connectivity index (χ2n) is 10.6. The maximum Gasteiger partial charge on any atom is 0.254 e. The van der Waals surface area contributed by atoms with E-state index in [1.54, 1.807) is 16.7 Å². The van der Waals surface area contributed by atoms with Crippen LogP contribution in [0.5, 0.6) is 0 Å². The van der Waals surface area contributed by atoms with E-state index < -0.39 is 5.91 Å². The van der Waals surface area contributed by atoms with E-state index >= 15 is 0 Å². The summed E-state index contributed by atoms with van der Waals surface area (Å²) < 4.78 is 18.2. The molecule has 1 aliphatic carbocycles.